The van der Waals surface area contributed by atoms with Crippen LogP contribution in [0.3, 0.4) is 0 Å². The molecule has 0 radical (unpaired) electrons. The van der Waals surface area contributed by atoms with E-state index in [1.807, 2.05) is 11.0 Å². The Bertz CT molecular complexity index is 529. The third-order valence-corrected chi connectivity index (χ3v) is 3.71. The number of aliphatic carboxylic acids is 1. The zero-order chi connectivity index (χ0) is 14.2. The van der Waals surface area contributed by atoms with E-state index >= 15 is 0 Å². The van der Waals surface area contributed by atoms with Crippen molar-refractivity contribution in [1.82, 2.24) is 0 Å². The molecule has 1 aliphatic rings. The Morgan fingerprint density at radius 1 is 1.53 bits per heavy atom. The van der Waals surface area contributed by atoms with Gasteiger partial charge in [0.2, 0.25) is 0 Å². The van der Waals surface area contributed by atoms with Gasteiger partial charge in [0.15, 0.2) is 0 Å². The molecule has 0 amide bonds. The van der Waals surface area contributed by atoms with Crippen LogP contribution in [0.4, 0.5) is 11.4 Å². The monoisotopic (exact) mass is 264 g/mol. The third kappa shape index (κ3) is 2.38. The Hall–Kier alpha value is -2.11. The van der Waals surface area contributed by atoms with Gasteiger partial charge in [0.25, 0.3) is 5.69 Å². The van der Waals surface area contributed by atoms with Crippen molar-refractivity contribution in [2.45, 2.75) is 26.3 Å². The van der Waals surface area contributed by atoms with Crippen LogP contribution in [0.5, 0.6) is 0 Å². The molecule has 0 bridgehead atoms. The molecule has 1 heterocycles. The first-order valence-corrected chi connectivity index (χ1v) is 6.16. The fourth-order valence-electron chi connectivity index (χ4n) is 2.63. The second-order valence-electron chi connectivity index (χ2n) is 4.92. The van der Waals surface area contributed by atoms with Gasteiger partial charge in [-0.25, -0.2) is 0 Å². The maximum atomic E-state index is 11.1. The first-order valence-electron chi connectivity index (χ1n) is 6.16. The van der Waals surface area contributed by atoms with Crippen LogP contribution in [-0.2, 0) is 4.79 Å². The Balaban J connectivity index is 2.38. The SMILES string of the molecule is Cc1ccc(N2CCC(C(=O)O)C2C)c([N+](=O)[O-])c1. The topological polar surface area (TPSA) is 83.7 Å². The van der Waals surface area contributed by atoms with Crippen LogP contribution < -0.4 is 4.90 Å². The molecular formula is C13H16N2O4. The van der Waals surface area contributed by atoms with Gasteiger partial charge in [-0.05, 0) is 31.9 Å². The summed E-state index contributed by atoms with van der Waals surface area (Å²) in [4.78, 5) is 23.6. The number of benzene rings is 1. The zero-order valence-corrected chi connectivity index (χ0v) is 10.9. The minimum Gasteiger partial charge on any atom is -0.481 e. The zero-order valence-electron chi connectivity index (χ0n) is 10.9. The summed E-state index contributed by atoms with van der Waals surface area (Å²) in [6.07, 6.45) is 0.515. The van der Waals surface area contributed by atoms with Crippen molar-refractivity contribution in [3.63, 3.8) is 0 Å². The number of nitro benzene ring substituents is 1. The van der Waals surface area contributed by atoms with Gasteiger partial charge in [-0.2, -0.15) is 0 Å². The van der Waals surface area contributed by atoms with Crippen molar-refractivity contribution in [2.75, 3.05) is 11.4 Å². The van der Waals surface area contributed by atoms with Gasteiger partial charge in [0, 0.05) is 18.7 Å². The van der Waals surface area contributed by atoms with Crippen molar-refractivity contribution in [3.05, 3.63) is 33.9 Å². The summed E-state index contributed by atoms with van der Waals surface area (Å²) in [5, 5.41) is 20.2. The molecule has 6 nitrogen and oxygen atoms in total. The number of hydrogen-bond acceptors (Lipinski definition) is 4. The summed E-state index contributed by atoms with van der Waals surface area (Å²) in [5.41, 5.74) is 1.36. The highest BCUT2D eigenvalue weighted by Crippen LogP contribution is 2.36. The van der Waals surface area contributed by atoms with Crippen LogP contribution in [-0.4, -0.2) is 28.6 Å². The maximum Gasteiger partial charge on any atom is 0.308 e. The molecule has 1 aromatic carbocycles. The normalized spacial score (nSPS) is 22.5. The highest BCUT2D eigenvalue weighted by molar-refractivity contribution is 5.74. The second-order valence-corrected chi connectivity index (χ2v) is 4.92. The van der Waals surface area contributed by atoms with Crippen LogP contribution in [0.2, 0.25) is 0 Å². The standard InChI is InChI=1S/C13H16N2O4/c1-8-3-4-11(12(7-8)15(18)19)14-6-5-10(9(14)2)13(16)17/h3-4,7,9-10H,5-6H2,1-2H3,(H,16,17). The summed E-state index contributed by atoms with van der Waals surface area (Å²) < 4.78 is 0. The molecule has 1 aliphatic heterocycles. The van der Waals surface area contributed by atoms with E-state index in [-0.39, 0.29) is 11.7 Å². The number of carbonyl (C=O) groups is 1. The number of aryl methyl sites for hydroxylation is 1. The molecule has 0 aliphatic carbocycles. The summed E-state index contributed by atoms with van der Waals surface area (Å²) >= 11 is 0. The Labute approximate surface area is 110 Å². The van der Waals surface area contributed by atoms with Crippen LogP contribution in [0.15, 0.2) is 18.2 Å². The molecule has 19 heavy (non-hydrogen) atoms. The number of anilines is 1. The van der Waals surface area contributed by atoms with E-state index in [0.29, 0.717) is 18.7 Å². The van der Waals surface area contributed by atoms with Crippen molar-refractivity contribution in [2.24, 2.45) is 5.92 Å². The summed E-state index contributed by atoms with van der Waals surface area (Å²) in [7, 11) is 0. The number of nitro groups is 1. The molecular weight excluding hydrogens is 248 g/mol. The van der Waals surface area contributed by atoms with Gasteiger partial charge in [-0.1, -0.05) is 6.07 Å². The minimum atomic E-state index is -0.843. The van der Waals surface area contributed by atoms with Gasteiger partial charge in [-0.3, -0.25) is 14.9 Å². The number of carboxylic acid groups (broad SMARTS) is 1. The van der Waals surface area contributed by atoms with E-state index in [0.717, 1.165) is 5.56 Å². The van der Waals surface area contributed by atoms with E-state index in [1.54, 1.807) is 19.9 Å². The van der Waals surface area contributed by atoms with E-state index in [2.05, 4.69) is 0 Å². The van der Waals surface area contributed by atoms with Gasteiger partial charge in [-0.15, -0.1) is 0 Å². The molecule has 6 heteroatoms. The van der Waals surface area contributed by atoms with Gasteiger partial charge in [0.1, 0.15) is 5.69 Å². The van der Waals surface area contributed by atoms with Gasteiger partial charge < -0.3 is 10.0 Å². The lowest BCUT2D eigenvalue weighted by Crippen LogP contribution is -2.33. The summed E-state index contributed by atoms with van der Waals surface area (Å²) in [6.45, 7) is 4.13. The predicted octanol–water partition coefficient (Wildman–Crippen LogP) is 2.20. The lowest BCUT2D eigenvalue weighted by molar-refractivity contribution is -0.384. The van der Waals surface area contributed by atoms with Crippen molar-refractivity contribution in [3.8, 4) is 0 Å². The molecule has 0 aromatic heterocycles. The molecule has 1 N–H and O–H groups in total. The van der Waals surface area contributed by atoms with Crippen LogP contribution >= 0.6 is 0 Å². The largest absolute Gasteiger partial charge is 0.481 e. The lowest BCUT2D eigenvalue weighted by Gasteiger charge is -2.25. The quantitative estimate of drug-likeness (QED) is 0.668. The molecule has 2 rings (SSSR count). The lowest BCUT2D eigenvalue weighted by atomic mass is 10.0. The predicted molar refractivity (Wildman–Crippen MR) is 70.4 cm³/mol. The molecule has 1 saturated heterocycles. The Morgan fingerprint density at radius 2 is 2.21 bits per heavy atom. The van der Waals surface area contributed by atoms with E-state index in [1.165, 1.54) is 6.07 Å². The number of nitrogens with zero attached hydrogens (tertiary/aromatic N) is 2. The minimum absolute atomic E-state index is 0.0397. The molecule has 102 valence electrons. The first-order chi connectivity index (χ1) is 8.91. The molecule has 1 aromatic rings. The van der Waals surface area contributed by atoms with Gasteiger partial charge >= 0.3 is 5.97 Å². The average Bonchev–Trinajstić information content (AvgIpc) is 2.71. The Kier molecular flexibility index (Phi) is 3.42. The highest BCUT2D eigenvalue weighted by Gasteiger charge is 2.37. The van der Waals surface area contributed by atoms with Crippen molar-refractivity contribution >= 4 is 17.3 Å². The third-order valence-electron chi connectivity index (χ3n) is 3.71. The number of carboxylic acids is 1. The fraction of sp³-hybridized carbons (Fsp3) is 0.462. The number of rotatable bonds is 3. The molecule has 2 unspecified atom stereocenters. The van der Waals surface area contributed by atoms with Gasteiger partial charge in [0.05, 0.1) is 10.8 Å². The van der Waals surface area contributed by atoms with Crippen molar-refractivity contribution in [1.29, 1.82) is 0 Å². The maximum absolute atomic E-state index is 11.1. The van der Waals surface area contributed by atoms with Crippen LogP contribution in [0.1, 0.15) is 18.9 Å². The van der Waals surface area contributed by atoms with E-state index in [4.69, 9.17) is 5.11 Å². The smallest absolute Gasteiger partial charge is 0.308 e. The van der Waals surface area contributed by atoms with Crippen LogP contribution in [0.25, 0.3) is 0 Å². The number of hydrogen-bond donors (Lipinski definition) is 1. The molecule has 0 spiro atoms. The Morgan fingerprint density at radius 3 is 2.74 bits per heavy atom. The average molecular weight is 264 g/mol. The van der Waals surface area contributed by atoms with E-state index < -0.39 is 16.8 Å². The first kappa shape index (κ1) is 13.3. The highest BCUT2D eigenvalue weighted by atomic mass is 16.6. The molecule has 2 atom stereocenters. The summed E-state index contributed by atoms with van der Waals surface area (Å²) in [6, 6.07) is 4.80. The molecule has 1 fully saturated rings. The van der Waals surface area contributed by atoms with E-state index in [9.17, 15) is 14.9 Å². The van der Waals surface area contributed by atoms with Crippen molar-refractivity contribution < 1.29 is 14.8 Å². The molecule has 0 saturated carbocycles. The van der Waals surface area contributed by atoms with Crippen LogP contribution in [0, 0.1) is 23.0 Å². The fourth-order valence-corrected chi connectivity index (χ4v) is 2.63. The second kappa shape index (κ2) is 4.87. The summed E-state index contributed by atoms with van der Waals surface area (Å²) in [5.74, 6) is -1.31.